The Labute approximate surface area is 159 Å². The summed E-state index contributed by atoms with van der Waals surface area (Å²) in [5.74, 6) is -0.474. The molecule has 6 nitrogen and oxygen atoms in total. The molecule has 0 bridgehead atoms. The number of furan rings is 1. The lowest BCUT2D eigenvalue weighted by Crippen LogP contribution is -2.19. The van der Waals surface area contributed by atoms with E-state index < -0.39 is 15.7 Å². The number of benzene rings is 1. The zero-order valence-corrected chi connectivity index (χ0v) is 16.0. The van der Waals surface area contributed by atoms with E-state index in [4.69, 9.17) is 4.42 Å². The fraction of sp³-hybridized carbons (Fsp3) is 0.400. The van der Waals surface area contributed by atoms with Gasteiger partial charge in [-0.05, 0) is 49.9 Å². The fourth-order valence-electron chi connectivity index (χ4n) is 3.09. The van der Waals surface area contributed by atoms with E-state index >= 15 is 0 Å². The van der Waals surface area contributed by atoms with E-state index in [1.54, 1.807) is 18.2 Å². The third-order valence-electron chi connectivity index (χ3n) is 4.57. The molecule has 1 aliphatic carbocycles. The number of nitrogens with one attached hydrogen (secondary N) is 1. The Kier molecular flexibility index (Phi) is 6.45. The first-order valence-corrected chi connectivity index (χ1v) is 10.9. The molecule has 0 spiro atoms. The molecule has 1 saturated carbocycles. The van der Waals surface area contributed by atoms with Gasteiger partial charge in [-0.15, -0.1) is 0 Å². The van der Waals surface area contributed by atoms with Crippen molar-refractivity contribution in [3.8, 4) is 0 Å². The molecular formula is C20H24N2O4S. The smallest absolute Gasteiger partial charge is 0.307 e. The van der Waals surface area contributed by atoms with Gasteiger partial charge in [-0.1, -0.05) is 37.5 Å². The van der Waals surface area contributed by atoms with Crippen LogP contribution in [0.4, 0.5) is 0 Å². The molecule has 1 aliphatic rings. The summed E-state index contributed by atoms with van der Waals surface area (Å²) in [5, 5.41) is 4.23. The number of amides is 1. The maximum atomic E-state index is 12.4. The summed E-state index contributed by atoms with van der Waals surface area (Å²) in [7, 11) is -3.52. The Morgan fingerprint density at radius 2 is 1.63 bits per heavy atom. The van der Waals surface area contributed by atoms with Gasteiger partial charge in [-0.25, -0.2) is 13.8 Å². The summed E-state index contributed by atoms with van der Waals surface area (Å²) in [6.07, 6.45) is 7.65. The highest BCUT2D eigenvalue weighted by molar-refractivity contribution is 7.90. The van der Waals surface area contributed by atoms with Gasteiger partial charge in [0.05, 0.1) is 4.90 Å². The van der Waals surface area contributed by atoms with Crippen LogP contribution in [0.1, 0.15) is 61.3 Å². The number of carbonyl (C=O) groups excluding carboxylic acids is 1. The first kappa shape index (κ1) is 19.4. The molecule has 0 aliphatic heterocycles. The van der Waals surface area contributed by atoms with Gasteiger partial charge in [0.25, 0.3) is 0 Å². The van der Waals surface area contributed by atoms with Crippen LogP contribution in [0.25, 0.3) is 0 Å². The lowest BCUT2D eigenvalue weighted by molar-refractivity contribution is 0.0925. The molecule has 0 radical (unpaired) electrons. The zero-order valence-electron chi connectivity index (χ0n) is 15.2. The molecule has 1 N–H and O–H groups in total. The highest BCUT2D eigenvalue weighted by Gasteiger charge is 2.19. The van der Waals surface area contributed by atoms with E-state index in [0.717, 1.165) is 31.4 Å². The zero-order chi connectivity index (χ0) is 19.1. The molecule has 1 heterocycles. The summed E-state index contributed by atoms with van der Waals surface area (Å²) < 4.78 is 30.2. The lowest BCUT2D eigenvalue weighted by Gasteiger charge is -2.10. The van der Waals surface area contributed by atoms with Crippen molar-refractivity contribution in [1.29, 1.82) is 0 Å². The number of sulfone groups is 1. The lowest BCUT2D eigenvalue weighted by atomic mass is 9.99. The maximum Gasteiger partial charge on any atom is 0.307 e. The summed E-state index contributed by atoms with van der Waals surface area (Å²) in [6.45, 7) is 0. The van der Waals surface area contributed by atoms with E-state index in [-0.39, 0.29) is 22.2 Å². The van der Waals surface area contributed by atoms with Gasteiger partial charge in [0, 0.05) is 5.71 Å². The Hall–Kier alpha value is -2.41. The van der Waals surface area contributed by atoms with Crippen LogP contribution in [0.5, 0.6) is 0 Å². The molecule has 3 rings (SSSR count). The van der Waals surface area contributed by atoms with Crippen LogP contribution in [-0.2, 0) is 15.6 Å². The second-order valence-electron chi connectivity index (χ2n) is 6.72. The van der Waals surface area contributed by atoms with Crippen LogP contribution < -0.4 is 5.43 Å². The SMILES string of the molecule is O=C(NN=C1CCCCCCC1)c1ccc(CS(=O)(=O)c2ccccc2)o1. The minimum absolute atomic E-state index is 0.0588. The normalized spacial score (nSPS) is 15.6. The Morgan fingerprint density at radius 3 is 2.33 bits per heavy atom. The van der Waals surface area contributed by atoms with Crippen molar-refractivity contribution >= 4 is 21.5 Å². The minimum atomic E-state index is -3.52. The van der Waals surface area contributed by atoms with Gasteiger partial charge in [-0.2, -0.15) is 5.10 Å². The third kappa shape index (κ3) is 5.53. The second-order valence-corrected chi connectivity index (χ2v) is 8.71. The quantitative estimate of drug-likeness (QED) is 0.782. The molecule has 0 saturated heterocycles. The summed E-state index contributed by atoms with van der Waals surface area (Å²) in [5.41, 5.74) is 3.53. The minimum Gasteiger partial charge on any atom is -0.455 e. The van der Waals surface area contributed by atoms with Crippen LogP contribution in [0, 0.1) is 0 Å². The van der Waals surface area contributed by atoms with Gasteiger partial charge in [0.1, 0.15) is 11.5 Å². The predicted octanol–water partition coefficient (Wildman–Crippen LogP) is 4.08. The van der Waals surface area contributed by atoms with E-state index in [0.29, 0.717) is 0 Å². The van der Waals surface area contributed by atoms with Crippen molar-refractivity contribution in [2.24, 2.45) is 5.10 Å². The number of hydrogen-bond donors (Lipinski definition) is 1. The number of rotatable bonds is 5. The van der Waals surface area contributed by atoms with Crippen LogP contribution in [0.2, 0.25) is 0 Å². The largest absolute Gasteiger partial charge is 0.455 e. The van der Waals surface area contributed by atoms with Crippen molar-refractivity contribution in [1.82, 2.24) is 5.43 Å². The molecule has 0 unspecified atom stereocenters. The summed E-state index contributed by atoms with van der Waals surface area (Å²) in [4.78, 5) is 12.5. The standard InChI is InChI=1S/C20H24N2O4S/c23-20(22-21-16-9-5-2-1-3-6-10-16)19-14-13-17(26-19)15-27(24,25)18-11-7-4-8-12-18/h4,7-8,11-14H,1-3,5-6,9-10,15H2,(H,22,23). The third-order valence-corrected chi connectivity index (χ3v) is 6.22. The molecule has 1 aromatic carbocycles. The second kappa shape index (κ2) is 8.99. The van der Waals surface area contributed by atoms with E-state index in [1.807, 2.05) is 0 Å². The Bertz CT molecular complexity index is 891. The molecule has 2 aromatic rings. The van der Waals surface area contributed by atoms with Gasteiger partial charge in [0.2, 0.25) is 0 Å². The molecule has 27 heavy (non-hydrogen) atoms. The summed E-state index contributed by atoms with van der Waals surface area (Å²) >= 11 is 0. The highest BCUT2D eigenvalue weighted by Crippen LogP contribution is 2.18. The first-order chi connectivity index (χ1) is 13.0. The number of carbonyl (C=O) groups is 1. The topological polar surface area (TPSA) is 88.7 Å². The summed E-state index contributed by atoms with van der Waals surface area (Å²) in [6, 6.07) is 11.2. The molecule has 7 heteroatoms. The molecule has 144 valence electrons. The van der Waals surface area contributed by atoms with Gasteiger partial charge >= 0.3 is 5.91 Å². The first-order valence-electron chi connectivity index (χ1n) is 9.27. The molecule has 0 atom stereocenters. The van der Waals surface area contributed by atoms with Gasteiger partial charge < -0.3 is 4.42 Å². The van der Waals surface area contributed by atoms with Crippen molar-refractivity contribution in [3.05, 3.63) is 54.0 Å². The van der Waals surface area contributed by atoms with Crippen molar-refractivity contribution < 1.29 is 17.6 Å². The van der Waals surface area contributed by atoms with Gasteiger partial charge in [0.15, 0.2) is 15.6 Å². The van der Waals surface area contributed by atoms with Crippen molar-refractivity contribution in [2.75, 3.05) is 0 Å². The van der Waals surface area contributed by atoms with Crippen molar-refractivity contribution in [3.63, 3.8) is 0 Å². The van der Waals surface area contributed by atoms with E-state index in [9.17, 15) is 13.2 Å². The molecule has 1 fully saturated rings. The monoisotopic (exact) mass is 388 g/mol. The highest BCUT2D eigenvalue weighted by atomic mass is 32.2. The molecule has 1 aromatic heterocycles. The van der Waals surface area contributed by atoms with E-state index in [1.165, 1.54) is 43.5 Å². The fourth-order valence-corrected chi connectivity index (χ4v) is 4.35. The Morgan fingerprint density at radius 1 is 0.963 bits per heavy atom. The predicted molar refractivity (Wildman–Crippen MR) is 103 cm³/mol. The molecule has 1 amide bonds. The Balaban J connectivity index is 1.62. The average Bonchev–Trinajstić information content (AvgIpc) is 3.09. The van der Waals surface area contributed by atoms with Crippen molar-refractivity contribution in [2.45, 2.75) is 55.6 Å². The number of hydrazone groups is 1. The molecular weight excluding hydrogens is 364 g/mol. The van der Waals surface area contributed by atoms with Crippen LogP contribution in [0.3, 0.4) is 0 Å². The van der Waals surface area contributed by atoms with Gasteiger partial charge in [-0.3, -0.25) is 4.79 Å². The van der Waals surface area contributed by atoms with Crippen LogP contribution >= 0.6 is 0 Å². The average molecular weight is 388 g/mol. The maximum absolute atomic E-state index is 12.4. The number of nitrogens with zero attached hydrogens (tertiary/aromatic N) is 1. The van der Waals surface area contributed by atoms with Crippen LogP contribution in [-0.4, -0.2) is 20.0 Å². The van der Waals surface area contributed by atoms with Crippen LogP contribution in [0.15, 0.2) is 56.9 Å². The van der Waals surface area contributed by atoms with E-state index in [2.05, 4.69) is 10.5 Å². The number of hydrogen-bond acceptors (Lipinski definition) is 5.